The lowest BCUT2D eigenvalue weighted by Gasteiger charge is -2.29. The molecule has 2 atom stereocenters. The molecule has 0 unspecified atom stereocenters. The lowest BCUT2D eigenvalue weighted by molar-refractivity contribution is -0.384. The van der Waals surface area contributed by atoms with E-state index in [-0.39, 0.29) is 17.5 Å². The Bertz CT molecular complexity index is 1380. The van der Waals surface area contributed by atoms with Gasteiger partial charge in [0.1, 0.15) is 11.8 Å². The molecule has 0 radical (unpaired) electrons. The number of aromatic nitrogens is 2. The number of hydrogen-bond donors (Lipinski definition) is 2. The lowest BCUT2D eigenvalue weighted by atomic mass is 10.0. The lowest BCUT2D eigenvalue weighted by Crippen LogP contribution is -2.30. The summed E-state index contributed by atoms with van der Waals surface area (Å²) in [5.74, 6) is 0.0358. The molecule has 0 saturated carbocycles. The van der Waals surface area contributed by atoms with Crippen LogP contribution in [0.4, 0.5) is 11.4 Å². The number of non-ortho nitro benzene ring substituents is 1. The van der Waals surface area contributed by atoms with Gasteiger partial charge < -0.3 is 19.9 Å². The van der Waals surface area contributed by atoms with Crippen LogP contribution in [0, 0.1) is 10.1 Å². The first-order chi connectivity index (χ1) is 16.4. The number of nitrogens with zero attached hydrogens (tertiary/aromatic N) is 4. The topological polar surface area (TPSA) is 96.5 Å². The third kappa shape index (κ3) is 3.85. The van der Waals surface area contributed by atoms with E-state index >= 15 is 0 Å². The smallest absolute Gasteiger partial charge is 0.269 e. The fourth-order valence-corrected chi connectivity index (χ4v) is 4.71. The van der Waals surface area contributed by atoms with Crippen LogP contribution in [-0.2, 0) is 0 Å². The van der Waals surface area contributed by atoms with Crippen LogP contribution in [0.5, 0.6) is 5.75 Å². The van der Waals surface area contributed by atoms with E-state index in [0.717, 1.165) is 17.1 Å². The molecule has 8 nitrogen and oxygen atoms in total. The number of aromatic hydroxyl groups is 1. The molecule has 1 fully saturated rings. The van der Waals surface area contributed by atoms with E-state index in [2.05, 4.69) is 10.3 Å². The Morgan fingerprint density at radius 1 is 1.09 bits per heavy atom. The van der Waals surface area contributed by atoms with Crippen molar-refractivity contribution in [1.82, 2.24) is 14.9 Å². The van der Waals surface area contributed by atoms with Gasteiger partial charge in [-0.2, -0.15) is 0 Å². The predicted molar refractivity (Wildman–Crippen MR) is 133 cm³/mol. The highest BCUT2D eigenvalue weighted by atomic mass is 35.5. The first-order valence-corrected chi connectivity index (χ1v) is 11.1. The van der Waals surface area contributed by atoms with Crippen LogP contribution < -0.4 is 10.2 Å². The van der Waals surface area contributed by atoms with Crippen LogP contribution in [0.2, 0.25) is 5.02 Å². The fourth-order valence-electron chi connectivity index (χ4n) is 4.21. The molecule has 0 aliphatic carbocycles. The number of phenolic OH excluding ortho intramolecular Hbond substituents is 1. The predicted octanol–water partition coefficient (Wildman–Crippen LogP) is 5.32. The number of nitro groups is 1. The monoisotopic (exact) mass is 491 g/mol. The molecule has 170 valence electrons. The van der Waals surface area contributed by atoms with E-state index in [1.54, 1.807) is 30.5 Å². The minimum absolute atomic E-state index is 0.0120. The van der Waals surface area contributed by atoms with Gasteiger partial charge in [-0.15, -0.1) is 0 Å². The largest absolute Gasteiger partial charge is 0.506 e. The number of pyridine rings is 1. The number of phenols is 1. The second-order valence-electron chi connectivity index (χ2n) is 7.71. The normalized spacial score (nSPS) is 17.6. The Kier molecular flexibility index (Phi) is 5.64. The molecule has 4 aromatic rings. The summed E-state index contributed by atoms with van der Waals surface area (Å²) in [7, 11) is 0. The third-order valence-electron chi connectivity index (χ3n) is 5.72. The van der Waals surface area contributed by atoms with E-state index < -0.39 is 11.0 Å². The van der Waals surface area contributed by atoms with Gasteiger partial charge in [0.15, 0.2) is 5.11 Å². The van der Waals surface area contributed by atoms with Crippen molar-refractivity contribution in [2.24, 2.45) is 0 Å². The molecule has 5 rings (SSSR count). The van der Waals surface area contributed by atoms with Gasteiger partial charge in [-0.25, -0.2) is 0 Å². The molecule has 34 heavy (non-hydrogen) atoms. The van der Waals surface area contributed by atoms with E-state index in [9.17, 15) is 15.2 Å². The highest BCUT2D eigenvalue weighted by molar-refractivity contribution is 7.80. The average Bonchev–Trinajstić information content (AvgIpc) is 3.45. The molecule has 0 spiro atoms. The summed E-state index contributed by atoms with van der Waals surface area (Å²) in [6.45, 7) is 0. The van der Waals surface area contributed by atoms with Gasteiger partial charge in [0, 0.05) is 40.9 Å². The van der Waals surface area contributed by atoms with Gasteiger partial charge in [0.2, 0.25) is 0 Å². The summed E-state index contributed by atoms with van der Waals surface area (Å²) < 4.78 is 1.94. The van der Waals surface area contributed by atoms with Crippen molar-refractivity contribution < 1.29 is 10.0 Å². The van der Waals surface area contributed by atoms with Crippen molar-refractivity contribution >= 4 is 40.3 Å². The maximum Gasteiger partial charge on any atom is 0.269 e. The van der Waals surface area contributed by atoms with Gasteiger partial charge in [-0.1, -0.05) is 17.7 Å². The molecule has 1 aliphatic rings. The maximum absolute atomic E-state index is 11.1. The van der Waals surface area contributed by atoms with E-state index in [4.69, 9.17) is 23.8 Å². The second-order valence-corrected chi connectivity index (χ2v) is 8.53. The zero-order valence-corrected chi connectivity index (χ0v) is 19.1. The molecule has 1 saturated heterocycles. The van der Waals surface area contributed by atoms with Gasteiger partial charge >= 0.3 is 0 Å². The number of nitrogens with one attached hydrogen (secondary N) is 1. The van der Waals surface area contributed by atoms with E-state index in [0.29, 0.717) is 15.8 Å². The zero-order valence-electron chi connectivity index (χ0n) is 17.6. The van der Waals surface area contributed by atoms with Crippen LogP contribution in [0.15, 0.2) is 85.2 Å². The number of rotatable bonds is 5. The van der Waals surface area contributed by atoms with Crippen molar-refractivity contribution in [2.45, 2.75) is 12.1 Å². The van der Waals surface area contributed by atoms with Crippen LogP contribution in [0.3, 0.4) is 0 Å². The first kappa shape index (κ1) is 21.9. The minimum atomic E-state index is -0.430. The standard InChI is InChI=1S/C24H18ClN5O3S/c25-15-6-11-21(31)20(14-15)29-23(22(27-24(29)34)18-4-1-2-12-26-18)19-5-3-13-28(19)16-7-9-17(10-8-16)30(32)33/h1-14,22-23,31H,(H,27,34)/t22-,23+/m1/s1. The Labute approximate surface area is 205 Å². The van der Waals surface area contributed by atoms with E-state index in [1.165, 1.54) is 18.2 Å². The quantitative estimate of drug-likeness (QED) is 0.221. The van der Waals surface area contributed by atoms with Crippen molar-refractivity contribution in [1.29, 1.82) is 0 Å². The number of benzene rings is 2. The molecule has 3 heterocycles. The maximum atomic E-state index is 11.1. The summed E-state index contributed by atoms with van der Waals surface area (Å²) in [6, 6.07) is 19.9. The van der Waals surface area contributed by atoms with Gasteiger partial charge in [0.25, 0.3) is 5.69 Å². The summed E-state index contributed by atoms with van der Waals surface area (Å²) in [6.07, 6.45) is 3.59. The number of hydrogen-bond acceptors (Lipinski definition) is 5. The van der Waals surface area contributed by atoms with Crippen LogP contribution >= 0.6 is 23.8 Å². The summed E-state index contributed by atoms with van der Waals surface area (Å²) in [4.78, 5) is 17.0. The fraction of sp³-hybridized carbons (Fsp3) is 0.0833. The SMILES string of the molecule is O=[N+]([O-])c1ccc(-n2cccc2[C@H]2[C@@H](c3ccccn3)NC(=S)N2c2cc(Cl)ccc2O)cc1. The van der Waals surface area contributed by atoms with Gasteiger partial charge in [-0.05, 0) is 66.8 Å². The second kappa shape index (κ2) is 8.77. The molecule has 2 aromatic carbocycles. The summed E-state index contributed by atoms with van der Waals surface area (Å²) in [5.41, 5.74) is 2.84. The Morgan fingerprint density at radius 2 is 1.88 bits per heavy atom. The highest BCUT2D eigenvalue weighted by Gasteiger charge is 2.43. The molecule has 0 bridgehead atoms. The van der Waals surface area contributed by atoms with Crippen LogP contribution in [-0.4, -0.2) is 24.7 Å². The third-order valence-corrected chi connectivity index (χ3v) is 6.27. The number of halogens is 1. The molecular weight excluding hydrogens is 474 g/mol. The van der Waals surface area contributed by atoms with Gasteiger partial charge in [-0.3, -0.25) is 15.1 Å². The van der Waals surface area contributed by atoms with Crippen molar-refractivity contribution in [3.05, 3.63) is 112 Å². The number of anilines is 1. The van der Waals surface area contributed by atoms with Crippen molar-refractivity contribution in [3.63, 3.8) is 0 Å². The average molecular weight is 492 g/mol. The van der Waals surface area contributed by atoms with Crippen molar-refractivity contribution in [2.75, 3.05) is 4.90 Å². The Balaban J connectivity index is 1.67. The van der Waals surface area contributed by atoms with E-state index in [1.807, 2.05) is 46.0 Å². The molecule has 0 amide bonds. The molecule has 2 aromatic heterocycles. The molecule has 10 heteroatoms. The molecular formula is C24H18ClN5O3S. The van der Waals surface area contributed by atoms with Crippen LogP contribution in [0.25, 0.3) is 5.69 Å². The number of nitro benzene ring substituents is 1. The summed E-state index contributed by atoms with van der Waals surface area (Å²) in [5, 5.41) is 26.0. The zero-order chi connectivity index (χ0) is 23.8. The summed E-state index contributed by atoms with van der Waals surface area (Å²) >= 11 is 12.0. The first-order valence-electron chi connectivity index (χ1n) is 10.4. The molecule has 2 N–H and O–H groups in total. The Hall–Kier alpha value is -3.95. The van der Waals surface area contributed by atoms with Gasteiger partial charge in [0.05, 0.1) is 22.3 Å². The molecule has 1 aliphatic heterocycles. The van der Waals surface area contributed by atoms with Crippen LogP contribution in [0.1, 0.15) is 23.5 Å². The minimum Gasteiger partial charge on any atom is -0.506 e. The number of thiocarbonyl (C=S) groups is 1. The highest BCUT2D eigenvalue weighted by Crippen LogP contribution is 2.45. The van der Waals surface area contributed by atoms with Crippen molar-refractivity contribution in [3.8, 4) is 11.4 Å². The Morgan fingerprint density at radius 3 is 2.59 bits per heavy atom.